The minimum absolute atomic E-state index is 0.244. The predicted octanol–water partition coefficient (Wildman–Crippen LogP) is 5.31. The van der Waals surface area contributed by atoms with Crippen molar-refractivity contribution in [3.8, 4) is 23.1 Å². The standard InChI is InChI=1S/C27H20BrN3O6/c1-15(27(33)34)36-23-13-19(28)17(12-22(23)35-2)14-29-31-25(24-11-16-7-3-6-10-21(16)37-24)30-20-9-5-4-8-18(20)26(31)32/h3-15H,1-2H3,(H,33,34)/t15-/m1/s1. The molecule has 0 bridgehead atoms. The molecule has 10 heteroatoms. The van der Waals surface area contributed by atoms with Crippen molar-refractivity contribution in [2.24, 2.45) is 5.10 Å². The number of ether oxygens (including phenoxy) is 2. The lowest BCUT2D eigenvalue weighted by atomic mass is 10.2. The monoisotopic (exact) mass is 561 g/mol. The number of carboxylic acids is 1. The molecule has 2 heterocycles. The Bertz CT molecular complexity index is 1710. The lowest BCUT2D eigenvalue weighted by molar-refractivity contribution is -0.144. The molecule has 3 aromatic carbocycles. The van der Waals surface area contributed by atoms with Gasteiger partial charge in [-0.15, -0.1) is 0 Å². The number of benzene rings is 3. The van der Waals surface area contributed by atoms with Gasteiger partial charge in [0.2, 0.25) is 5.82 Å². The van der Waals surface area contributed by atoms with E-state index < -0.39 is 12.1 Å². The van der Waals surface area contributed by atoms with Gasteiger partial charge in [-0.3, -0.25) is 4.79 Å². The molecule has 0 aliphatic rings. The number of furan rings is 1. The largest absolute Gasteiger partial charge is 0.493 e. The molecule has 0 aliphatic heterocycles. The number of para-hydroxylation sites is 2. The van der Waals surface area contributed by atoms with Gasteiger partial charge in [-0.1, -0.05) is 30.3 Å². The normalized spacial score (nSPS) is 12.3. The summed E-state index contributed by atoms with van der Waals surface area (Å²) >= 11 is 3.46. The number of nitrogens with zero attached hydrogens (tertiary/aromatic N) is 3. The van der Waals surface area contributed by atoms with Gasteiger partial charge in [-0.2, -0.15) is 9.78 Å². The van der Waals surface area contributed by atoms with Gasteiger partial charge >= 0.3 is 5.97 Å². The van der Waals surface area contributed by atoms with Crippen LogP contribution in [0.25, 0.3) is 33.5 Å². The zero-order valence-corrected chi connectivity index (χ0v) is 21.3. The summed E-state index contributed by atoms with van der Waals surface area (Å²) in [7, 11) is 1.44. The molecule has 37 heavy (non-hydrogen) atoms. The fraction of sp³-hybridized carbons (Fsp3) is 0.111. The quantitative estimate of drug-likeness (QED) is 0.267. The Morgan fingerprint density at radius 1 is 1.14 bits per heavy atom. The fourth-order valence-electron chi connectivity index (χ4n) is 3.74. The Balaban J connectivity index is 1.63. The molecule has 1 N–H and O–H groups in total. The minimum atomic E-state index is -1.11. The Morgan fingerprint density at radius 3 is 2.65 bits per heavy atom. The first-order valence-electron chi connectivity index (χ1n) is 11.2. The zero-order chi connectivity index (χ0) is 26.1. The lowest BCUT2D eigenvalue weighted by Crippen LogP contribution is -2.23. The van der Waals surface area contributed by atoms with Crippen LogP contribution in [0.1, 0.15) is 12.5 Å². The summed E-state index contributed by atoms with van der Waals surface area (Å²) in [6, 6.07) is 19.5. The summed E-state index contributed by atoms with van der Waals surface area (Å²) < 4.78 is 18.6. The van der Waals surface area contributed by atoms with E-state index >= 15 is 0 Å². The van der Waals surface area contributed by atoms with E-state index in [2.05, 4.69) is 26.0 Å². The molecule has 0 unspecified atom stereocenters. The number of aromatic nitrogens is 2. The maximum Gasteiger partial charge on any atom is 0.344 e. The minimum Gasteiger partial charge on any atom is -0.493 e. The first-order chi connectivity index (χ1) is 17.9. The Hall–Kier alpha value is -4.44. The van der Waals surface area contributed by atoms with Crippen molar-refractivity contribution in [1.82, 2.24) is 9.66 Å². The molecule has 0 fully saturated rings. The number of rotatable bonds is 7. The maximum atomic E-state index is 13.5. The van der Waals surface area contributed by atoms with E-state index in [1.165, 1.54) is 24.9 Å². The average Bonchev–Trinajstić information content (AvgIpc) is 3.33. The van der Waals surface area contributed by atoms with Crippen LogP contribution in [0.3, 0.4) is 0 Å². The third-order valence-electron chi connectivity index (χ3n) is 5.65. The molecule has 2 aromatic heterocycles. The number of carbonyl (C=O) groups is 1. The van der Waals surface area contributed by atoms with Gasteiger partial charge in [-0.05, 0) is 59.3 Å². The fourth-order valence-corrected chi connectivity index (χ4v) is 4.17. The van der Waals surface area contributed by atoms with Crippen LogP contribution < -0.4 is 15.0 Å². The second kappa shape index (κ2) is 9.90. The van der Waals surface area contributed by atoms with E-state index in [9.17, 15) is 9.59 Å². The highest BCUT2D eigenvalue weighted by atomic mass is 79.9. The van der Waals surface area contributed by atoms with Gasteiger partial charge in [0, 0.05) is 15.4 Å². The lowest BCUT2D eigenvalue weighted by Gasteiger charge is -2.15. The van der Waals surface area contributed by atoms with E-state index in [0.29, 0.717) is 38.0 Å². The molecule has 0 saturated carbocycles. The molecule has 0 saturated heterocycles. The SMILES string of the molecule is COc1cc(C=Nn2c(-c3cc4ccccc4o3)nc3ccccc3c2=O)c(Br)cc1O[C@H](C)C(=O)O. The molecular weight excluding hydrogens is 542 g/mol. The summed E-state index contributed by atoms with van der Waals surface area (Å²) in [6.07, 6.45) is 0.398. The summed E-state index contributed by atoms with van der Waals surface area (Å²) in [4.78, 5) is 29.3. The second-order valence-electron chi connectivity index (χ2n) is 8.09. The van der Waals surface area contributed by atoms with Gasteiger partial charge in [-0.25, -0.2) is 9.78 Å². The molecular formula is C27H20BrN3O6. The number of fused-ring (bicyclic) bond motifs is 2. The predicted molar refractivity (Wildman–Crippen MR) is 143 cm³/mol. The molecule has 5 aromatic rings. The Morgan fingerprint density at radius 2 is 1.89 bits per heavy atom. The molecule has 186 valence electrons. The van der Waals surface area contributed by atoms with Crippen LogP contribution in [0.4, 0.5) is 0 Å². The van der Waals surface area contributed by atoms with Gasteiger partial charge in [0.25, 0.3) is 5.56 Å². The van der Waals surface area contributed by atoms with Gasteiger partial charge < -0.3 is 19.0 Å². The van der Waals surface area contributed by atoms with E-state index in [-0.39, 0.29) is 17.1 Å². The zero-order valence-electron chi connectivity index (χ0n) is 19.7. The first kappa shape index (κ1) is 24.3. The van der Waals surface area contributed by atoms with E-state index in [0.717, 1.165) is 5.39 Å². The highest BCUT2D eigenvalue weighted by molar-refractivity contribution is 9.10. The highest BCUT2D eigenvalue weighted by Crippen LogP contribution is 2.34. The molecule has 9 nitrogen and oxygen atoms in total. The topological polar surface area (TPSA) is 116 Å². The maximum absolute atomic E-state index is 13.5. The number of methoxy groups -OCH3 is 1. The molecule has 5 rings (SSSR count). The van der Waals surface area contributed by atoms with E-state index in [4.69, 9.17) is 19.0 Å². The summed E-state index contributed by atoms with van der Waals surface area (Å²) in [5.41, 5.74) is 1.37. The number of carboxylic acid groups (broad SMARTS) is 1. The van der Waals surface area contributed by atoms with Crippen molar-refractivity contribution in [2.45, 2.75) is 13.0 Å². The van der Waals surface area contributed by atoms with Crippen molar-refractivity contribution in [1.29, 1.82) is 0 Å². The molecule has 0 amide bonds. The van der Waals surface area contributed by atoms with Crippen LogP contribution in [0.5, 0.6) is 11.5 Å². The Kier molecular flexibility index (Phi) is 6.49. The van der Waals surface area contributed by atoms with Gasteiger partial charge in [0.1, 0.15) is 5.58 Å². The van der Waals surface area contributed by atoms with Crippen molar-refractivity contribution in [3.05, 3.63) is 87.1 Å². The van der Waals surface area contributed by atoms with Crippen LogP contribution in [-0.2, 0) is 4.79 Å². The van der Waals surface area contributed by atoms with Crippen molar-refractivity contribution >= 4 is 50.0 Å². The van der Waals surface area contributed by atoms with Crippen molar-refractivity contribution in [2.75, 3.05) is 7.11 Å². The Labute approximate surface area is 218 Å². The molecule has 0 spiro atoms. The number of halogens is 1. The summed E-state index contributed by atoms with van der Waals surface area (Å²) in [5.74, 6) is 0.0806. The van der Waals surface area contributed by atoms with E-state index in [1.54, 1.807) is 30.3 Å². The van der Waals surface area contributed by atoms with Gasteiger partial charge in [0.15, 0.2) is 23.4 Å². The number of aliphatic carboxylic acids is 1. The van der Waals surface area contributed by atoms with Crippen LogP contribution in [0.2, 0.25) is 0 Å². The molecule has 1 atom stereocenters. The van der Waals surface area contributed by atoms with Crippen LogP contribution in [0.15, 0.2) is 85.5 Å². The summed E-state index contributed by atoms with van der Waals surface area (Å²) in [6.45, 7) is 1.42. The second-order valence-corrected chi connectivity index (χ2v) is 8.94. The average molecular weight is 562 g/mol. The number of hydrogen-bond donors (Lipinski definition) is 1. The van der Waals surface area contributed by atoms with Crippen LogP contribution in [-0.4, -0.2) is 40.2 Å². The van der Waals surface area contributed by atoms with Crippen LogP contribution in [0, 0.1) is 0 Å². The summed E-state index contributed by atoms with van der Waals surface area (Å²) in [5, 5.41) is 14.9. The van der Waals surface area contributed by atoms with Crippen LogP contribution >= 0.6 is 15.9 Å². The number of hydrogen-bond acceptors (Lipinski definition) is 7. The van der Waals surface area contributed by atoms with Gasteiger partial charge in [0.05, 0.1) is 24.2 Å². The molecule has 0 aliphatic carbocycles. The first-order valence-corrected chi connectivity index (χ1v) is 12.0. The third-order valence-corrected chi connectivity index (χ3v) is 6.33. The van der Waals surface area contributed by atoms with Crippen molar-refractivity contribution in [3.63, 3.8) is 0 Å². The third kappa shape index (κ3) is 4.70. The molecule has 0 radical (unpaired) electrons. The highest BCUT2D eigenvalue weighted by Gasteiger charge is 2.19. The van der Waals surface area contributed by atoms with E-state index in [1.807, 2.05) is 36.4 Å². The smallest absolute Gasteiger partial charge is 0.344 e. The van der Waals surface area contributed by atoms with Crippen molar-refractivity contribution < 1.29 is 23.8 Å².